The van der Waals surface area contributed by atoms with E-state index in [0.717, 1.165) is 11.3 Å². The Balaban J connectivity index is 2.08. The highest BCUT2D eigenvalue weighted by Gasteiger charge is 2.08. The number of pyridine rings is 1. The Bertz CT molecular complexity index is 584. The largest absolute Gasteiger partial charge is 0.487 e. The van der Waals surface area contributed by atoms with Gasteiger partial charge in [0.25, 0.3) is 0 Å². The molecule has 0 bridgehead atoms. The topological polar surface area (TPSA) is 42.4 Å². The summed E-state index contributed by atoms with van der Waals surface area (Å²) in [6, 6.07) is 8.28. The highest BCUT2D eigenvalue weighted by Crippen LogP contribution is 2.24. The summed E-state index contributed by atoms with van der Waals surface area (Å²) in [5.41, 5.74) is 2.16. The molecule has 0 fully saturated rings. The molecule has 4 heteroatoms. The van der Waals surface area contributed by atoms with Gasteiger partial charge in [-0.25, -0.2) is 4.39 Å². The van der Waals surface area contributed by atoms with Crippen LogP contribution in [0.25, 0.3) is 0 Å². The lowest BCUT2D eigenvalue weighted by atomic mass is 10.0. The molecule has 106 valence electrons. The first-order valence-corrected chi connectivity index (χ1v) is 6.57. The third kappa shape index (κ3) is 3.54. The van der Waals surface area contributed by atoms with Gasteiger partial charge in [0.15, 0.2) is 0 Å². The van der Waals surface area contributed by atoms with E-state index in [1.165, 1.54) is 6.07 Å². The quantitative estimate of drug-likeness (QED) is 0.909. The van der Waals surface area contributed by atoms with E-state index in [1.807, 2.05) is 13.8 Å². The van der Waals surface area contributed by atoms with Gasteiger partial charge < -0.3 is 9.84 Å². The van der Waals surface area contributed by atoms with E-state index >= 15 is 0 Å². The molecule has 0 aliphatic heterocycles. The number of benzene rings is 1. The van der Waals surface area contributed by atoms with Crippen molar-refractivity contribution in [1.29, 1.82) is 0 Å². The van der Waals surface area contributed by atoms with Gasteiger partial charge in [0.1, 0.15) is 18.2 Å². The van der Waals surface area contributed by atoms with Crippen molar-refractivity contribution in [2.45, 2.75) is 33.0 Å². The first-order valence-electron chi connectivity index (χ1n) is 6.57. The molecular weight excluding hydrogens is 257 g/mol. The Hall–Kier alpha value is -1.94. The highest BCUT2D eigenvalue weighted by atomic mass is 19.1. The number of ether oxygens (including phenoxy) is 1. The minimum atomic E-state index is -0.215. The lowest BCUT2D eigenvalue weighted by Crippen LogP contribution is -2.01. The lowest BCUT2D eigenvalue weighted by molar-refractivity contribution is 0.279. The van der Waals surface area contributed by atoms with Crippen molar-refractivity contribution < 1.29 is 14.2 Å². The fourth-order valence-corrected chi connectivity index (χ4v) is 1.92. The van der Waals surface area contributed by atoms with E-state index in [1.54, 1.807) is 30.5 Å². The van der Waals surface area contributed by atoms with Gasteiger partial charge in [0.05, 0.1) is 12.3 Å². The number of nitrogens with zero attached hydrogens (tertiary/aromatic N) is 1. The smallest absolute Gasteiger partial charge is 0.130 e. The monoisotopic (exact) mass is 275 g/mol. The van der Waals surface area contributed by atoms with Gasteiger partial charge in [0, 0.05) is 6.20 Å². The number of hydrogen-bond acceptors (Lipinski definition) is 3. The molecule has 20 heavy (non-hydrogen) atoms. The van der Waals surface area contributed by atoms with E-state index in [0.29, 0.717) is 11.3 Å². The zero-order valence-electron chi connectivity index (χ0n) is 11.6. The normalized spacial score (nSPS) is 10.8. The van der Waals surface area contributed by atoms with Gasteiger partial charge in [-0.3, -0.25) is 4.98 Å². The summed E-state index contributed by atoms with van der Waals surface area (Å²) in [6.07, 6.45) is 1.63. The molecule has 0 spiro atoms. The van der Waals surface area contributed by atoms with E-state index in [2.05, 4.69) is 4.98 Å². The van der Waals surface area contributed by atoms with Crippen molar-refractivity contribution in [3.63, 3.8) is 0 Å². The van der Waals surface area contributed by atoms with Crippen molar-refractivity contribution in [2.24, 2.45) is 0 Å². The van der Waals surface area contributed by atoms with Crippen LogP contribution < -0.4 is 4.74 Å². The fraction of sp³-hybridized carbons (Fsp3) is 0.312. The Morgan fingerprint density at radius 2 is 2.05 bits per heavy atom. The lowest BCUT2D eigenvalue weighted by Gasteiger charge is -2.11. The van der Waals surface area contributed by atoms with Crippen LogP contribution in [0, 0.1) is 5.82 Å². The third-order valence-corrected chi connectivity index (χ3v) is 3.04. The van der Waals surface area contributed by atoms with Crippen LogP contribution in [0.4, 0.5) is 4.39 Å². The molecule has 0 saturated carbocycles. The predicted molar refractivity (Wildman–Crippen MR) is 75.0 cm³/mol. The molecular formula is C16H18FNO2. The summed E-state index contributed by atoms with van der Waals surface area (Å²) in [6.45, 7) is 4.14. The molecule has 0 radical (unpaired) electrons. The van der Waals surface area contributed by atoms with Crippen LogP contribution in [0.2, 0.25) is 0 Å². The average Bonchev–Trinajstić information content (AvgIpc) is 2.46. The second-order valence-corrected chi connectivity index (χ2v) is 4.94. The zero-order valence-corrected chi connectivity index (χ0v) is 11.6. The minimum absolute atomic E-state index is 0.0242. The van der Waals surface area contributed by atoms with Gasteiger partial charge in [-0.1, -0.05) is 13.8 Å². The maximum atomic E-state index is 13.6. The van der Waals surface area contributed by atoms with Gasteiger partial charge in [-0.15, -0.1) is 0 Å². The van der Waals surface area contributed by atoms with Crippen LogP contribution in [0.5, 0.6) is 5.75 Å². The maximum Gasteiger partial charge on any atom is 0.130 e. The molecule has 0 unspecified atom stereocenters. The van der Waals surface area contributed by atoms with Crippen molar-refractivity contribution in [3.8, 4) is 5.75 Å². The van der Waals surface area contributed by atoms with E-state index in [4.69, 9.17) is 9.84 Å². The SMILES string of the molecule is CC(C)c1cc(OCc2cc(CO)ccn2)ccc1F. The van der Waals surface area contributed by atoms with Crippen LogP contribution in [0.15, 0.2) is 36.5 Å². The number of aliphatic hydroxyl groups is 1. The predicted octanol–water partition coefficient (Wildman–Crippen LogP) is 3.42. The fourth-order valence-electron chi connectivity index (χ4n) is 1.92. The summed E-state index contributed by atoms with van der Waals surface area (Å²) in [7, 11) is 0. The summed E-state index contributed by atoms with van der Waals surface area (Å²) in [5.74, 6) is 0.508. The van der Waals surface area contributed by atoms with Crippen LogP contribution in [0.3, 0.4) is 0 Å². The van der Waals surface area contributed by atoms with Gasteiger partial charge in [0.2, 0.25) is 0 Å². The van der Waals surface area contributed by atoms with Gasteiger partial charge in [-0.2, -0.15) is 0 Å². The first-order chi connectivity index (χ1) is 9.60. The van der Waals surface area contributed by atoms with Gasteiger partial charge in [-0.05, 0) is 47.4 Å². The zero-order chi connectivity index (χ0) is 14.5. The second-order valence-electron chi connectivity index (χ2n) is 4.94. The van der Waals surface area contributed by atoms with Crippen LogP contribution in [-0.4, -0.2) is 10.1 Å². The molecule has 1 heterocycles. The van der Waals surface area contributed by atoms with Crippen LogP contribution in [-0.2, 0) is 13.2 Å². The summed E-state index contributed by atoms with van der Waals surface area (Å²) in [5, 5.41) is 9.07. The molecule has 0 aliphatic rings. The maximum absolute atomic E-state index is 13.6. The molecule has 2 aromatic rings. The molecule has 1 N–H and O–H groups in total. The summed E-state index contributed by atoms with van der Waals surface area (Å²) >= 11 is 0. The number of halogens is 1. The third-order valence-electron chi connectivity index (χ3n) is 3.04. The van der Waals surface area contributed by atoms with Crippen molar-refractivity contribution in [3.05, 3.63) is 59.2 Å². The minimum Gasteiger partial charge on any atom is -0.487 e. The number of hydrogen-bond donors (Lipinski definition) is 1. The van der Waals surface area contributed by atoms with Crippen molar-refractivity contribution in [2.75, 3.05) is 0 Å². The second kappa shape index (κ2) is 6.48. The molecule has 0 aliphatic carbocycles. The van der Waals surface area contributed by atoms with Crippen molar-refractivity contribution in [1.82, 2.24) is 4.98 Å². The Kier molecular flexibility index (Phi) is 4.69. The van der Waals surface area contributed by atoms with Gasteiger partial charge >= 0.3 is 0 Å². The highest BCUT2D eigenvalue weighted by molar-refractivity contribution is 5.32. The molecule has 1 aromatic carbocycles. The Labute approximate surface area is 118 Å². The van der Waals surface area contributed by atoms with E-state index in [9.17, 15) is 4.39 Å². The van der Waals surface area contributed by atoms with Crippen LogP contribution >= 0.6 is 0 Å². The summed E-state index contributed by atoms with van der Waals surface area (Å²) in [4.78, 5) is 4.17. The number of rotatable bonds is 5. The molecule has 0 atom stereocenters. The summed E-state index contributed by atoms with van der Waals surface area (Å²) < 4.78 is 19.2. The Morgan fingerprint density at radius 3 is 2.75 bits per heavy atom. The standard InChI is InChI=1S/C16H18FNO2/c1-11(2)15-8-14(3-4-16(15)17)20-10-13-7-12(9-19)5-6-18-13/h3-8,11,19H,9-10H2,1-2H3. The van der Waals surface area contributed by atoms with Crippen LogP contribution in [0.1, 0.15) is 36.6 Å². The molecule has 3 nitrogen and oxygen atoms in total. The first kappa shape index (κ1) is 14.5. The molecule has 0 saturated heterocycles. The van der Waals surface area contributed by atoms with E-state index in [-0.39, 0.29) is 24.9 Å². The number of aliphatic hydroxyl groups excluding tert-OH is 1. The molecule has 0 amide bonds. The molecule has 1 aromatic heterocycles. The Morgan fingerprint density at radius 1 is 1.25 bits per heavy atom. The average molecular weight is 275 g/mol. The van der Waals surface area contributed by atoms with E-state index < -0.39 is 0 Å². The molecule has 2 rings (SSSR count). The van der Waals surface area contributed by atoms with Crippen molar-refractivity contribution >= 4 is 0 Å². The number of aromatic nitrogens is 1.